The van der Waals surface area contributed by atoms with Crippen molar-refractivity contribution in [2.75, 3.05) is 0 Å². The second-order valence-electron chi connectivity index (χ2n) is 4.84. The molecule has 22 heavy (non-hydrogen) atoms. The van der Waals surface area contributed by atoms with Gasteiger partial charge in [0, 0.05) is 19.9 Å². The molecule has 118 valence electrons. The zero-order valence-corrected chi connectivity index (χ0v) is 11.6. The Morgan fingerprint density at radius 1 is 1.14 bits per heavy atom. The fraction of sp³-hybridized carbons (Fsp3) is 0.286. The van der Waals surface area contributed by atoms with Crippen molar-refractivity contribution in [3.63, 3.8) is 0 Å². The minimum Gasteiger partial charge on any atom is -0.435 e. The predicted octanol–water partition coefficient (Wildman–Crippen LogP) is 2.65. The Morgan fingerprint density at radius 2 is 1.73 bits per heavy atom. The largest absolute Gasteiger partial charge is 0.435 e. The number of carbonyl (C=O) groups excluding carboxylic acids is 2. The summed E-state index contributed by atoms with van der Waals surface area (Å²) in [6, 6.07) is 2.73. The van der Waals surface area contributed by atoms with Gasteiger partial charge in [-0.3, -0.25) is 0 Å². The molecule has 1 aliphatic heterocycles. The van der Waals surface area contributed by atoms with Gasteiger partial charge in [-0.1, -0.05) is 0 Å². The molecule has 1 fully saturated rings. The molecule has 0 N–H and O–H groups in total. The van der Waals surface area contributed by atoms with Crippen LogP contribution >= 0.6 is 0 Å². The van der Waals surface area contributed by atoms with Gasteiger partial charge >= 0.3 is 18.6 Å². The quantitative estimate of drug-likeness (QED) is 0.487. The monoisotopic (exact) mass is 316 g/mol. The molecule has 1 heterocycles. The Bertz CT molecular complexity index is 630. The number of hydrogen-bond acceptors (Lipinski definition) is 5. The van der Waals surface area contributed by atoms with Crippen LogP contribution < -0.4 is 4.74 Å². The number of carbonyl (C=O) groups is 2. The first-order chi connectivity index (χ1) is 10.2. The summed E-state index contributed by atoms with van der Waals surface area (Å²) < 4.78 is 51.4. The lowest BCUT2D eigenvalue weighted by Gasteiger charge is -2.29. The van der Waals surface area contributed by atoms with Crippen LogP contribution in [0.5, 0.6) is 5.75 Å². The third-order valence-electron chi connectivity index (χ3n) is 2.55. The average Bonchev–Trinajstić information content (AvgIpc) is 2.31. The van der Waals surface area contributed by atoms with Crippen LogP contribution in [-0.4, -0.2) is 24.3 Å². The molecule has 1 saturated heterocycles. The molecule has 5 nitrogen and oxygen atoms in total. The molecule has 0 aliphatic carbocycles. The Kier molecular flexibility index (Phi) is 4.11. The van der Waals surface area contributed by atoms with E-state index in [4.69, 9.17) is 9.47 Å². The van der Waals surface area contributed by atoms with Crippen LogP contribution in [0.15, 0.2) is 23.8 Å². The minimum absolute atomic E-state index is 0.0285. The van der Waals surface area contributed by atoms with E-state index in [2.05, 4.69) is 4.74 Å². The number of alkyl halides is 2. The summed E-state index contributed by atoms with van der Waals surface area (Å²) in [7, 11) is 0. The highest BCUT2D eigenvalue weighted by atomic mass is 19.3. The Labute approximate surface area is 123 Å². The van der Waals surface area contributed by atoms with Crippen molar-refractivity contribution in [2.24, 2.45) is 0 Å². The highest BCUT2D eigenvalue weighted by Crippen LogP contribution is 2.26. The van der Waals surface area contributed by atoms with Gasteiger partial charge in [0.1, 0.15) is 17.1 Å². The van der Waals surface area contributed by atoms with Gasteiger partial charge in [0.2, 0.25) is 0 Å². The second kappa shape index (κ2) is 5.70. The van der Waals surface area contributed by atoms with Crippen LogP contribution in [0, 0.1) is 5.82 Å². The van der Waals surface area contributed by atoms with Crippen LogP contribution in [0.1, 0.15) is 19.4 Å². The Morgan fingerprint density at radius 3 is 2.27 bits per heavy atom. The Balaban J connectivity index is 2.34. The fourth-order valence-corrected chi connectivity index (χ4v) is 1.78. The highest BCUT2D eigenvalue weighted by molar-refractivity contribution is 6.18. The molecule has 2 rings (SSSR count). The van der Waals surface area contributed by atoms with E-state index in [1.165, 1.54) is 13.8 Å². The van der Waals surface area contributed by atoms with Gasteiger partial charge in [0.15, 0.2) is 0 Å². The summed E-state index contributed by atoms with van der Waals surface area (Å²) in [5.41, 5.74) is -0.507. The summed E-state index contributed by atoms with van der Waals surface area (Å²) in [5, 5.41) is 0. The van der Waals surface area contributed by atoms with E-state index in [1.54, 1.807) is 0 Å². The van der Waals surface area contributed by atoms with E-state index >= 15 is 0 Å². The van der Waals surface area contributed by atoms with E-state index in [0.717, 1.165) is 24.3 Å². The maximum atomic E-state index is 13.4. The van der Waals surface area contributed by atoms with Crippen molar-refractivity contribution in [1.29, 1.82) is 0 Å². The van der Waals surface area contributed by atoms with Crippen LogP contribution in [0.4, 0.5) is 13.2 Å². The van der Waals surface area contributed by atoms with Crippen molar-refractivity contribution in [2.45, 2.75) is 26.2 Å². The van der Waals surface area contributed by atoms with E-state index in [0.29, 0.717) is 0 Å². The molecule has 0 bridgehead atoms. The summed E-state index contributed by atoms with van der Waals surface area (Å²) in [5.74, 6) is -4.64. The molecule has 0 spiro atoms. The molecule has 0 atom stereocenters. The standard InChI is InChI=1S/C14H11F3O5/c1-14(2)21-11(18)10(12(19)22-14)5-7-3-8(15)6-9(4-7)20-13(16)17/h3-6,13H,1-2H3. The summed E-state index contributed by atoms with van der Waals surface area (Å²) in [6.07, 6.45) is 0.974. The number of esters is 2. The van der Waals surface area contributed by atoms with Gasteiger partial charge in [-0.15, -0.1) is 0 Å². The molecule has 1 aromatic carbocycles. The molecule has 0 aromatic heterocycles. The molecule has 0 saturated carbocycles. The molecule has 0 unspecified atom stereocenters. The number of hydrogen-bond donors (Lipinski definition) is 0. The van der Waals surface area contributed by atoms with Gasteiger partial charge < -0.3 is 14.2 Å². The van der Waals surface area contributed by atoms with Crippen molar-refractivity contribution in [1.82, 2.24) is 0 Å². The van der Waals surface area contributed by atoms with Gasteiger partial charge in [0.25, 0.3) is 5.79 Å². The van der Waals surface area contributed by atoms with Gasteiger partial charge in [-0.25, -0.2) is 14.0 Å². The summed E-state index contributed by atoms with van der Waals surface area (Å²) >= 11 is 0. The molecular formula is C14H11F3O5. The molecule has 1 aliphatic rings. The zero-order chi connectivity index (χ0) is 16.5. The number of ether oxygens (including phenoxy) is 3. The molecule has 0 amide bonds. The summed E-state index contributed by atoms with van der Waals surface area (Å²) in [6.45, 7) is -0.389. The third-order valence-corrected chi connectivity index (χ3v) is 2.55. The number of benzene rings is 1. The second-order valence-corrected chi connectivity index (χ2v) is 4.84. The van der Waals surface area contributed by atoms with Crippen molar-refractivity contribution in [3.8, 4) is 5.75 Å². The lowest BCUT2D eigenvalue weighted by Crippen LogP contribution is -2.41. The van der Waals surface area contributed by atoms with Gasteiger partial charge in [0.05, 0.1) is 0 Å². The smallest absolute Gasteiger partial charge is 0.387 e. The normalized spacial score (nSPS) is 17.1. The van der Waals surface area contributed by atoms with Gasteiger partial charge in [-0.2, -0.15) is 8.78 Å². The van der Waals surface area contributed by atoms with E-state index < -0.39 is 41.5 Å². The van der Waals surface area contributed by atoms with Crippen molar-refractivity contribution >= 4 is 18.0 Å². The molecule has 1 aromatic rings. The topological polar surface area (TPSA) is 61.8 Å². The third kappa shape index (κ3) is 3.78. The molecule has 0 radical (unpaired) electrons. The lowest BCUT2D eigenvalue weighted by molar-refractivity contribution is -0.222. The predicted molar refractivity (Wildman–Crippen MR) is 67.3 cm³/mol. The van der Waals surface area contributed by atoms with Crippen LogP contribution in [0.2, 0.25) is 0 Å². The zero-order valence-electron chi connectivity index (χ0n) is 11.6. The van der Waals surface area contributed by atoms with Gasteiger partial charge in [-0.05, 0) is 23.8 Å². The first-order valence-corrected chi connectivity index (χ1v) is 6.10. The highest BCUT2D eigenvalue weighted by Gasteiger charge is 2.38. The number of rotatable bonds is 3. The summed E-state index contributed by atoms with van der Waals surface area (Å²) in [4.78, 5) is 23.5. The average molecular weight is 316 g/mol. The van der Waals surface area contributed by atoms with Crippen LogP contribution in [0.3, 0.4) is 0 Å². The molecule has 8 heteroatoms. The maximum Gasteiger partial charge on any atom is 0.387 e. The number of halogens is 3. The maximum absolute atomic E-state index is 13.4. The Hall–Kier alpha value is -2.51. The fourth-order valence-electron chi connectivity index (χ4n) is 1.78. The van der Waals surface area contributed by atoms with E-state index in [1.807, 2.05) is 0 Å². The minimum atomic E-state index is -3.13. The number of cyclic esters (lactones) is 2. The SMILES string of the molecule is CC1(C)OC(=O)C(=Cc2cc(F)cc(OC(F)F)c2)C(=O)O1. The molecular weight excluding hydrogens is 305 g/mol. The lowest BCUT2D eigenvalue weighted by atomic mass is 10.1. The van der Waals surface area contributed by atoms with E-state index in [-0.39, 0.29) is 5.56 Å². The van der Waals surface area contributed by atoms with Crippen LogP contribution in [0.25, 0.3) is 6.08 Å². The van der Waals surface area contributed by atoms with Crippen molar-refractivity contribution < 1.29 is 37.0 Å². The first kappa shape index (κ1) is 15.9. The first-order valence-electron chi connectivity index (χ1n) is 6.10. The van der Waals surface area contributed by atoms with E-state index in [9.17, 15) is 22.8 Å². The van der Waals surface area contributed by atoms with Crippen molar-refractivity contribution in [3.05, 3.63) is 35.2 Å². The van der Waals surface area contributed by atoms with Crippen LogP contribution in [-0.2, 0) is 19.1 Å².